The van der Waals surface area contributed by atoms with E-state index in [0.29, 0.717) is 5.88 Å². The Morgan fingerprint density at radius 1 is 1.00 bits per heavy atom. The zero-order chi connectivity index (χ0) is 19.9. The average molecular weight is 397 g/mol. The molecule has 1 aromatic heterocycles. The second kappa shape index (κ2) is 9.92. The van der Waals surface area contributed by atoms with Crippen molar-refractivity contribution in [2.24, 2.45) is 0 Å². The Kier molecular flexibility index (Phi) is 6.83. The molecule has 0 N–H and O–H groups in total. The predicted molar refractivity (Wildman–Crippen MR) is 115 cm³/mol. The van der Waals surface area contributed by atoms with Gasteiger partial charge in [0.15, 0.2) is 0 Å². The van der Waals surface area contributed by atoms with Gasteiger partial charge in [-0.3, -0.25) is 9.88 Å². The molecular weight excluding hydrogens is 364 g/mol. The molecule has 6 nitrogen and oxygen atoms in total. The summed E-state index contributed by atoms with van der Waals surface area (Å²) < 4.78 is 11.2. The number of unbranched alkanes of at least 4 members (excludes halogenated alkanes) is 1. The SMILES string of the molecule is COc1cccc(N2CCN(CCCCOc3cnc4c(n3)CCCC4)CC2)c1. The summed E-state index contributed by atoms with van der Waals surface area (Å²) in [6.45, 7) is 6.19. The van der Waals surface area contributed by atoms with E-state index in [1.807, 2.05) is 6.07 Å². The lowest BCUT2D eigenvalue weighted by Crippen LogP contribution is -2.46. The van der Waals surface area contributed by atoms with Crippen LogP contribution in [0.3, 0.4) is 0 Å². The monoisotopic (exact) mass is 396 g/mol. The number of fused-ring (bicyclic) bond motifs is 1. The Morgan fingerprint density at radius 3 is 2.66 bits per heavy atom. The number of ether oxygens (including phenoxy) is 2. The third-order valence-corrected chi connectivity index (χ3v) is 5.90. The van der Waals surface area contributed by atoms with Crippen LogP contribution in [0.4, 0.5) is 5.69 Å². The van der Waals surface area contributed by atoms with E-state index in [2.05, 4.69) is 38.0 Å². The zero-order valence-electron chi connectivity index (χ0n) is 17.5. The number of methoxy groups -OCH3 is 1. The molecule has 156 valence electrons. The number of aromatic nitrogens is 2. The van der Waals surface area contributed by atoms with Gasteiger partial charge in [-0.1, -0.05) is 6.07 Å². The van der Waals surface area contributed by atoms with Gasteiger partial charge in [0.1, 0.15) is 5.75 Å². The van der Waals surface area contributed by atoms with E-state index >= 15 is 0 Å². The number of anilines is 1. The molecule has 1 saturated heterocycles. The first-order chi connectivity index (χ1) is 14.3. The normalized spacial score (nSPS) is 17.1. The van der Waals surface area contributed by atoms with Crippen LogP contribution in [0.25, 0.3) is 0 Å². The minimum Gasteiger partial charge on any atom is -0.497 e. The fraction of sp³-hybridized carbons (Fsp3) is 0.565. The van der Waals surface area contributed by atoms with Crippen molar-refractivity contribution in [3.8, 4) is 11.6 Å². The fourth-order valence-corrected chi connectivity index (χ4v) is 4.15. The smallest absolute Gasteiger partial charge is 0.232 e. The number of hydrogen-bond donors (Lipinski definition) is 0. The van der Waals surface area contributed by atoms with Gasteiger partial charge in [0, 0.05) is 37.9 Å². The summed E-state index contributed by atoms with van der Waals surface area (Å²) in [6.07, 6.45) is 8.55. The van der Waals surface area contributed by atoms with Crippen molar-refractivity contribution in [1.29, 1.82) is 0 Å². The molecule has 1 aliphatic heterocycles. The number of benzene rings is 1. The third kappa shape index (κ3) is 5.38. The maximum Gasteiger partial charge on any atom is 0.232 e. The van der Waals surface area contributed by atoms with Crippen LogP contribution in [0.1, 0.15) is 37.1 Å². The molecule has 0 radical (unpaired) electrons. The minimum absolute atomic E-state index is 0.692. The minimum atomic E-state index is 0.692. The Hall–Kier alpha value is -2.34. The maximum absolute atomic E-state index is 5.85. The van der Waals surface area contributed by atoms with Crippen LogP contribution in [0.5, 0.6) is 11.6 Å². The van der Waals surface area contributed by atoms with Gasteiger partial charge in [-0.2, -0.15) is 0 Å². The van der Waals surface area contributed by atoms with Gasteiger partial charge < -0.3 is 14.4 Å². The average Bonchev–Trinajstić information content (AvgIpc) is 2.79. The molecule has 2 aliphatic rings. The van der Waals surface area contributed by atoms with Crippen LogP contribution in [-0.4, -0.2) is 61.3 Å². The molecule has 0 bridgehead atoms. The van der Waals surface area contributed by atoms with E-state index in [4.69, 9.17) is 9.47 Å². The molecule has 1 aliphatic carbocycles. The van der Waals surface area contributed by atoms with Crippen molar-refractivity contribution in [3.05, 3.63) is 41.9 Å². The van der Waals surface area contributed by atoms with Crippen LogP contribution < -0.4 is 14.4 Å². The lowest BCUT2D eigenvalue weighted by Gasteiger charge is -2.36. The summed E-state index contributed by atoms with van der Waals surface area (Å²) in [5, 5.41) is 0. The molecule has 0 spiro atoms. The number of piperazine rings is 1. The Morgan fingerprint density at radius 2 is 1.83 bits per heavy atom. The van der Waals surface area contributed by atoms with Crippen molar-refractivity contribution in [1.82, 2.24) is 14.9 Å². The summed E-state index contributed by atoms with van der Waals surface area (Å²) in [7, 11) is 1.72. The van der Waals surface area contributed by atoms with Gasteiger partial charge in [-0.05, 0) is 57.2 Å². The highest BCUT2D eigenvalue weighted by molar-refractivity contribution is 5.51. The van der Waals surface area contributed by atoms with E-state index in [1.165, 1.54) is 18.5 Å². The Bertz CT molecular complexity index is 790. The predicted octanol–water partition coefficient (Wildman–Crippen LogP) is 3.35. The lowest BCUT2D eigenvalue weighted by molar-refractivity contribution is 0.236. The molecule has 2 heterocycles. The highest BCUT2D eigenvalue weighted by atomic mass is 16.5. The largest absolute Gasteiger partial charge is 0.497 e. The number of hydrogen-bond acceptors (Lipinski definition) is 6. The van der Waals surface area contributed by atoms with E-state index in [-0.39, 0.29) is 0 Å². The highest BCUT2D eigenvalue weighted by Crippen LogP contribution is 2.22. The lowest BCUT2D eigenvalue weighted by atomic mass is 10.0. The van der Waals surface area contributed by atoms with Crippen LogP contribution in [-0.2, 0) is 12.8 Å². The molecular formula is C23H32N4O2. The van der Waals surface area contributed by atoms with Gasteiger partial charge in [0.25, 0.3) is 0 Å². The summed E-state index contributed by atoms with van der Waals surface area (Å²) in [4.78, 5) is 14.2. The first-order valence-corrected chi connectivity index (χ1v) is 10.9. The molecule has 6 heteroatoms. The first-order valence-electron chi connectivity index (χ1n) is 10.9. The van der Waals surface area contributed by atoms with E-state index in [1.54, 1.807) is 13.3 Å². The van der Waals surface area contributed by atoms with Gasteiger partial charge in [0.05, 0.1) is 31.3 Å². The van der Waals surface area contributed by atoms with Gasteiger partial charge in [-0.15, -0.1) is 0 Å². The second-order valence-corrected chi connectivity index (χ2v) is 7.89. The van der Waals surface area contributed by atoms with Crippen LogP contribution >= 0.6 is 0 Å². The van der Waals surface area contributed by atoms with Gasteiger partial charge in [0.2, 0.25) is 5.88 Å². The van der Waals surface area contributed by atoms with Crippen molar-refractivity contribution in [2.75, 3.05) is 51.3 Å². The summed E-state index contributed by atoms with van der Waals surface area (Å²) in [5.41, 5.74) is 3.56. The first kappa shape index (κ1) is 20.0. The molecule has 0 atom stereocenters. The second-order valence-electron chi connectivity index (χ2n) is 7.89. The van der Waals surface area contributed by atoms with E-state index < -0.39 is 0 Å². The zero-order valence-corrected chi connectivity index (χ0v) is 17.5. The van der Waals surface area contributed by atoms with Crippen molar-refractivity contribution in [2.45, 2.75) is 38.5 Å². The third-order valence-electron chi connectivity index (χ3n) is 5.90. The van der Waals surface area contributed by atoms with Crippen LogP contribution in [0.2, 0.25) is 0 Å². The standard InChI is InChI=1S/C23H32N4O2/c1-28-20-8-6-7-19(17-20)27-14-12-26(13-15-27)11-4-5-16-29-23-18-24-21-9-2-3-10-22(21)25-23/h6-8,17-18H,2-5,9-16H2,1H3. The Labute approximate surface area is 173 Å². The highest BCUT2D eigenvalue weighted by Gasteiger charge is 2.17. The summed E-state index contributed by atoms with van der Waals surface area (Å²) in [6, 6.07) is 8.35. The van der Waals surface area contributed by atoms with Crippen LogP contribution in [0, 0.1) is 0 Å². The topological polar surface area (TPSA) is 50.7 Å². The summed E-state index contributed by atoms with van der Waals surface area (Å²) >= 11 is 0. The molecule has 0 unspecified atom stereocenters. The number of aryl methyl sites for hydroxylation is 2. The van der Waals surface area contributed by atoms with Crippen LogP contribution in [0.15, 0.2) is 30.5 Å². The van der Waals surface area contributed by atoms with Crippen molar-refractivity contribution >= 4 is 5.69 Å². The molecule has 2 aromatic rings. The number of nitrogens with zero attached hydrogens (tertiary/aromatic N) is 4. The molecule has 29 heavy (non-hydrogen) atoms. The molecule has 1 aromatic carbocycles. The van der Waals surface area contributed by atoms with Gasteiger partial charge in [-0.25, -0.2) is 4.98 Å². The fourth-order valence-electron chi connectivity index (χ4n) is 4.15. The molecule has 0 amide bonds. The van der Waals surface area contributed by atoms with Crippen molar-refractivity contribution in [3.63, 3.8) is 0 Å². The quantitative estimate of drug-likeness (QED) is 0.638. The summed E-state index contributed by atoms with van der Waals surface area (Å²) in [5.74, 6) is 1.62. The van der Waals surface area contributed by atoms with Crippen molar-refractivity contribution < 1.29 is 9.47 Å². The molecule has 0 saturated carbocycles. The van der Waals surface area contributed by atoms with E-state index in [9.17, 15) is 0 Å². The maximum atomic E-state index is 5.85. The molecule has 4 rings (SSSR count). The van der Waals surface area contributed by atoms with Gasteiger partial charge >= 0.3 is 0 Å². The van der Waals surface area contributed by atoms with E-state index in [0.717, 1.165) is 82.2 Å². The Balaban J connectivity index is 1.13. The molecule has 1 fully saturated rings. The number of rotatable bonds is 8.